The van der Waals surface area contributed by atoms with Crippen molar-refractivity contribution in [2.24, 2.45) is 0 Å². The van der Waals surface area contributed by atoms with Crippen LogP contribution in [0.1, 0.15) is 0 Å². The lowest BCUT2D eigenvalue weighted by Crippen LogP contribution is -2.17. The van der Waals surface area contributed by atoms with E-state index in [1.165, 1.54) is 31.4 Å². The van der Waals surface area contributed by atoms with Gasteiger partial charge in [0.1, 0.15) is 11.6 Å². The summed E-state index contributed by atoms with van der Waals surface area (Å²) in [6.45, 7) is 0. The first-order valence-electron chi connectivity index (χ1n) is 9.54. The number of nitrogens with zero attached hydrogens (tertiary/aromatic N) is 2. The molecule has 0 aliphatic heterocycles. The average molecular weight is 550 g/mol. The zero-order valence-electron chi connectivity index (χ0n) is 17.2. The van der Waals surface area contributed by atoms with Crippen LogP contribution in [0.15, 0.2) is 81.3 Å². The topological polar surface area (TPSA) is 90.3 Å². The molecule has 33 heavy (non-hydrogen) atoms. The van der Waals surface area contributed by atoms with Gasteiger partial charge in [-0.2, -0.15) is 0 Å². The number of fused-ring (bicyclic) bond motifs is 1. The number of imidazole rings is 1. The molecule has 0 radical (unpaired) electrons. The first-order chi connectivity index (χ1) is 15.8. The number of carbonyl (C=O) groups excluding carboxylic acids is 1. The Labute approximate surface area is 202 Å². The van der Waals surface area contributed by atoms with E-state index in [0.29, 0.717) is 21.3 Å². The van der Waals surface area contributed by atoms with Crippen molar-refractivity contribution < 1.29 is 22.3 Å². The van der Waals surface area contributed by atoms with Crippen LogP contribution in [-0.4, -0.2) is 36.1 Å². The molecule has 0 spiro atoms. The van der Waals surface area contributed by atoms with E-state index >= 15 is 0 Å². The van der Waals surface area contributed by atoms with Gasteiger partial charge in [-0.1, -0.05) is 39.8 Å². The fourth-order valence-electron chi connectivity index (χ4n) is 3.07. The molecule has 1 amide bonds. The van der Waals surface area contributed by atoms with Gasteiger partial charge in [0.15, 0.2) is 5.16 Å². The molecule has 0 aliphatic rings. The smallest absolute Gasteiger partial charge is 0.270 e. The second-order valence-corrected chi connectivity index (χ2v) is 10.4. The highest BCUT2D eigenvalue weighted by molar-refractivity contribution is 9.10. The molecule has 4 rings (SSSR count). The lowest BCUT2D eigenvalue weighted by molar-refractivity contribution is -0.113. The number of methoxy groups -OCH3 is 1. The molecule has 0 saturated carbocycles. The van der Waals surface area contributed by atoms with Crippen LogP contribution >= 0.6 is 27.7 Å². The lowest BCUT2D eigenvalue weighted by atomic mass is 10.3. The molecule has 170 valence electrons. The molecular formula is C22H17BrFN3O4S2. The van der Waals surface area contributed by atoms with Gasteiger partial charge in [0.2, 0.25) is 5.91 Å². The Balaban J connectivity index is 1.64. The summed E-state index contributed by atoms with van der Waals surface area (Å²) in [6, 6.07) is 17.1. The number of halogens is 2. The van der Waals surface area contributed by atoms with Crippen molar-refractivity contribution in [1.29, 1.82) is 0 Å². The van der Waals surface area contributed by atoms with Crippen LogP contribution in [0, 0.1) is 5.82 Å². The van der Waals surface area contributed by atoms with Crippen molar-refractivity contribution in [1.82, 2.24) is 8.96 Å². The number of amides is 1. The summed E-state index contributed by atoms with van der Waals surface area (Å²) < 4.78 is 47.7. The molecule has 1 aromatic heterocycles. The van der Waals surface area contributed by atoms with Crippen LogP contribution < -0.4 is 10.1 Å². The molecule has 3 aromatic carbocycles. The number of ether oxygens (including phenoxy) is 1. The molecule has 0 bridgehead atoms. The zero-order chi connectivity index (χ0) is 23.6. The van der Waals surface area contributed by atoms with Crippen LogP contribution in [0.3, 0.4) is 0 Å². The molecule has 0 saturated heterocycles. The number of hydrogen-bond acceptors (Lipinski definition) is 6. The van der Waals surface area contributed by atoms with Crippen LogP contribution in [0.5, 0.6) is 5.75 Å². The van der Waals surface area contributed by atoms with Crippen LogP contribution in [0.4, 0.5) is 10.1 Å². The fourth-order valence-corrected chi connectivity index (χ4v) is 5.91. The number of nitrogens with one attached hydrogen (secondary N) is 1. The first-order valence-corrected chi connectivity index (χ1v) is 12.8. The highest BCUT2D eigenvalue weighted by Gasteiger charge is 2.25. The zero-order valence-corrected chi connectivity index (χ0v) is 20.4. The van der Waals surface area contributed by atoms with Gasteiger partial charge in [0.05, 0.1) is 34.5 Å². The number of rotatable bonds is 7. The summed E-state index contributed by atoms with van der Waals surface area (Å²) >= 11 is 4.11. The molecular weight excluding hydrogens is 533 g/mol. The van der Waals surface area contributed by atoms with E-state index in [1.54, 1.807) is 42.5 Å². The minimum absolute atomic E-state index is 0.0307. The van der Waals surface area contributed by atoms with Gasteiger partial charge in [0.25, 0.3) is 10.0 Å². The minimum atomic E-state index is -4.02. The Morgan fingerprint density at radius 3 is 2.58 bits per heavy atom. The largest absolute Gasteiger partial charge is 0.497 e. The number of carbonyl (C=O) groups is 1. The second kappa shape index (κ2) is 9.54. The van der Waals surface area contributed by atoms with E-state index in [-0.39, 0.29) is 21.5 Å². The Bertz CT molecular complexity index is 1440. The molecule has 0 unspecified atom stereocenters. The predicted octanol–water partition coefficient (Wildman–Crippen LogP) is 4.91. The monoisotopic (exact) mass is 549 g/mol. The van der Waals surface area contributed by atoms with E-state index in [2.05, 4.69) is 26.2 Å². The Morgan fingerprint density at radius 1 is 1.15 bits per heavy atom. The summed E-state index contributed by atoms with van der Waals surface area (Å²) in [6.07, 6.45) is 0. The Hall–Kier alpha value is -2.89. The maximum Gasteiger partial charge on any atom is 0.270 e. The molecule has 11 heteroatoms. The summed E-state index contributed by atoms with van der Waals surface area (Å²) in [4.78, 5) is 16.9. The molecule has 0 aliphatic carbocycles. The van der Waals surface area contributed by atoms with Crippen molar-refractivity contribution in [3.05, 3.63) is 77.0 Å². The number of hydrogen-bond donors (Lipinski definition) is 1. The third-order valence-corrected chi connectivity index (χ3v) is 7.89. The average Bonchev–Trinajstić information content (AvgIpc) is 3.19. The summed E-state index contributed by atoms with van der Waals surface area (Å²) in [5.74, 6) is -0.730. The van der Waals surface area contributed by atoms with Crippen molar-refractivity contribution in [3.8, 4) is 5.75 Å². The molecule has 0 fully saturated rings. The van der Waals surface area contributed by atoms with Gasteiger partial charge in [0, 0.05) is 4.47 Å². The van der Waals surface area contributed by atoms with Gasteiger partial charge in [-0.05, 0) is 54.6 Å². The predicted molar refractivity (Wildman–Crippen MR) is 129 cm³/mol. The van der Waals surface area contributed by atoms with E-state index < -0.39 is 21.7 Å². The van der Waals surface area contributed by atoms with Gasteiger partial charge < -0.3 is 10.1 Å². The quantitative estimate of drug-likeness (QED) is 0.329. The van der Waals surface area contributed by atoms with E-state index in [9.17, 15) is 17.6 Å². The number of aromatic nitrogens is 2. The summed E-state index contributed by atoms with van der Waals surface area (Å²) in [5, 5.41) is 2.61. The maximum atomic E-state index is 14.0. The van der Waals surface area contributed by atoms with E-state index in [0.717, 1.165) is 15.7 Å². The van der Waals surface area contributed by atoms with Crippen LogP contribution in [-0.2, 0) is 14.8 Å². The Kier molecular flexibility index (Phi) is 6.73. The van der Waals surface area contributed by atoms with Gasteiger partial charge in [-0.3, -0.25) is 4.79 Å². The maximum absolute atomic E-state index is 14.0. The highest BCUT2D eigenvalue weighted by atomic mass is 79.9. The standard InChI is InChI=1S/C22H17BrFN3O4S2/c1-31-15-7-9-16(10-8-15)33(29,30)27-20-5-3-2-4-19(20)26-22(27)32-13-21(28)25-18-11-6-14(23)12-17(18)24/h2-12H,13H2,1H3,(H,25,28). The lowest BCUT2D eigenvalue weighted by Gasteiger charge is -2.11. The molecule has 4 aromatic rings. The van der Waals surface area contributed by atoms with Crippen molar-refractivity contribution in [3.63, 3.8) is 0 Å². The molecule has 1 N–H and O–H groups in total. The van der Waals surface area contributed by atoms with Crippen molar-refractivity contribution in [2.45, 2.75) is 10.1 Å². The SMILES string of the molecule is COc1ccc(S(=O)(=O)n2c(SCC(=O)Nc3ccc(Br)cc3F)nc3ccccc32)cc1. The van der Waals surface area contributed by atoms with E-state index in [4.69, 9.17) is 4.74 Å². The van der Waals surface area contributed by atoms with Gasteiger partial charge in [-0.25, -0.2) is 21.8 Å². The number of benzene rings is 3. The molecule has 7 nitrogen and oxygen atoms in total. The fraction of sp³-hybridized carbons (Fsp3) is 0.0909. The summed E-state index contributed by atoms with van der Waals surface area (Å²) in [5.41, 5.74) is 0.884. The molecule has 0 atom stereocenters. The minimum Gasteiger partial charge on any atom is -0.497 e. The van der Waals surface area contributed by atoms with Crippen molar-refractivity contribution >= 4 is 60.3 Å². The third-order valence-electron chi connectivity index (χ3n) is 4.63. The third kappa shape index (κ3) is 4.90. The van der Waals surface area contributed by atoms with Gasteiger partial charge in [-0.15, -0.1) is 0 Å². The number of anilines is 1. The van der Waals surface area contributed by atoms with Crippen molar-refractivity contribution in [2.75, 3.05) is 18.2 Å². The van der Waals surface area contributed by atoms with Crippen LogP contribution in [0.2, 0.25) is 0 Å². The number of thioether (sulfide) groups is 1. The van der Waals surface area contributed by atoms with Crippen LogP contribution in [0.25, 0.3) is 11.0 Å². The number of para-hydroxylation sites is 2. The highest BCUT2D eigenvalue weighted by Crippen LogP contribution is 2.30. The van der Waals surface area contributed by atoms with E-state index in [1.807, 2.05) is 0 Å². The Morgan fingerprint density at radius 2 is 1.88 bits per heavy atom. The molecule has 1 heterocycles. The van der Waals surface area contributed by atoms with Gasteiger partial charge >= 0.3 is 0 Å². The second-order valence-electron chi connectivity index (χ2n) is 6.79. The normalized spacial score (nSPS) is 11.5. The first kappa shape index (κ1) is 23.3. The summed E-state index contributed by atoms with van der Waals surface area (Å²) in [7, 11) is -2.52.